The van der Waals surface area contributed by atoms with E-state index in [1.807, 2.05) is 0 Å². The van der Waals surface area contributed by atoms with Gasteiger partial charge >= 0.3 is 0 Å². The van der Waals surface area contributed by atoms with Gasteiger partial charge in [-0.25, -0.2) is 0 Å². The maximum absolute atomic E-state index is 4.34. The Bertz CT molecular complexity index is 158. The molecule has 0 radical (unpaired) electrons. The van der Waals surface area contributed by atoms with E-state index >= 15 is 0 Å². The molecule has 1 nitrogen and oxygen atoms in total. The van der Waals surface area contributed by atoms with Crippen LogP contribution in [0, 0.1) is 0 Å². The summed E-state index contributed by atoms with van der Waals surface area (Å²) in [5.41, 5.74) is 0. The molecule has 2 heteroatoms. The fourth-order valence-electron chi connectivity index (χ4n) is 1.69. The summed E-state index contributed by atoms with van der Waals surface area (Å²) in [6.07, 6.45) is 4.93. The van der Waals surface area contributed by atoms with Crippen molar-refractivity contribution in [1.82, 2.24) is 0 Å². The van der Waals surface area contributed by atoms with Crippen LogP contribution in [0.1, 0.15) is 47.5 Å². The number of unbranched alkanes of at least 4 members (excludes halogenated alkanes) is 1. The molecular weight excluding hydrogens is 186 g/mol. The van der Waals surface area contributed by atoms with Crippen molar-refractivity contribution in [3.05, 3.63) is 0 Å². The summed E-state index contributed by atoms with van der Waals surface area (Å²) in [5, 5.41) is 0.564. The number of rotatable bonds is 6. The molecule has 84 valence electrons. The Morgan fingerprint density at radius 2 is 1.86 bits per heavy atom. The minimum atomic E-state index is -0.621. The minimum Gasteiger partial charge on any atom is -0.298 e. The smallest absolute Gasteiger partial charge is 0.0479 e. The molecule has 0 fully saturated rings. The van der Waals surface area contributed by atoms with E-state index in [2.05, 4.69) is 45.8 Å². The maximum atomic E-state index is 4.34. The highest BCUT2D eigenvalue weighted by molar-refractivity contribution is 6.64. The first-order chi connectivity index (χ1) is 6.52. The molecule has 14 heavy (non-hydrogen) atoms. The highest BCUT2D eigenvalue weighted by Crippen LogP contribution is 2.32. The van der Waals surface area contributed by atoms with E-state index in [1.54, 1.807) is 0 Å². The lowest BCUT2D eigenvalue weighted by Crippen LogP contribution is -2.25. The summed E-state index contributed by atoms with van der Waals surface area (Å²) in [5.74, 6) is 0. The topological polar surface area (TPSA) is 12.4 Å². The summed E-state index contributed by atoms with van der Waals surface area (Å²) in [6.45, 7) is 12.5. The van der Waals surface area contributed by atoms with Crippen LogP contribution in [0.5, 0.6) is 0 Å². The highest BCUT2D eigenvalue weighted by atomic mass is 28.3. The van der Waals surface area contributed by atoms with E-state index in [0.29, 0.717) is 5.04 Å². The monoisotopic (exact) mass is 213 g/mol. The Hall–Kier alpha value is -0.113. The van der Waals surface area contributed by atoms with Crippen molar-refractivity contribution < 1.29 is 0 Å². The zero-order valence-corrected chi connectivity index (χ0v) is 11.8. The van der Waals surface area contributed by atoms with Crippen LogP contribution in [0.2, 0.25) is 17.1 Å². The summed E-state index contributed by atoms with van der Waals surface area (Å²) in [6, 6.07) is 2.77. The molecule has 1 unspecified atom stereocenters. The molecule has 0 aliphatic heterocycles. The van der Waals surface area contributed by atoms with Gasteiger partial charge in [0.25, 0.3) is 0 Å². The molecule has 0 rings (SSSR count). The largest absolute Gasteiger partial charge is 0.298 e. The van der Waals surface area contributed by atoms with Gasteiger partial charge in [0.15, 0.2) is 0 Å². The third-order valence-electron chi connectivity index (χ3n) is 2.83. The van der Waals surface area contributed by atoms with Gasteiger partial charge in [0, 0.05) is 15.3 Å². The Balaban J connectivity index is 4.04. The molecule has 0 amide bonds. The van der Waals surface area contributed by atoms with Crippen LogP contribution < -0.4 is 0 Å². The van der Waals surface area contributed by atoms with Gasteiger partial charge in [-0.3, -0.25) is 4.99 Å². The Labute approximate surface area is 91.6 Å². The SMILES string of the molecule is CCCC[SiH](CC=NCC)C(C)(C)C. The second-order valence-electron chi connectivity index (χ2n) is 5.12. The number of nitrogens with zero attached hydrogens (tertiary/aromatic N) is 1. The zero-order chi connectivity index (χ0) is 11.0. The van der Waals surface area contributed by atoms with Gasteiger partial charge < -0.3 is 0 Å². The van der Waals surface area contributed by atoms with E-state index in [-0.39, 0.29) is 0 Å². The normalized spacial score (nSPS) is 14.9. The lowest BCUT2D eigenvalue weighted by Gasteiger charge is -2.28. The van der Waals surface area contributed by atoms with Crippen LogP contribution in [0.4, 0.5) is 0 Å². The van der Waals surface area contributed by atoms with Gasteiger partial charge in [-0.15, -0.1) is 0 Å². The molecule has 0 aliphatic carbocycles. The molecule has 0 aromatic heterocycles. The fraction of sp³-hybridized carbons (Fsp3) is 0.917. The van der Waals surface area contributed by atoms with Crippen molar-refractivity contribution in [3.8, 4) is 0 Å². The quantitative estimate of drug-likeness (QED) is 0.469. The standard InChI is InChI=1S/C12H27NSi/c1-6-8-10-14(12(3,4)5)11-9-13-7-2/h9,14H,6-8,10-11H2,1-5H3. The zero-order valence-electron chi connectivity index (χ0n) is 10.6. The van der Waals surface area contributed by atoms with Crippen molar-refractivity contribution in [3.63, 3.8) is 0 Å². The molecule has 0 heterocycles. The van der Waals surface area contributed by atoms with Gasteiger partial charge in [0.05, 0.1) is 0 Å². The van der Waals surface area contributed by atoms with E-state index in [1.165, 1.54) is 24.9 Å². The van der Waals surface area contributed by atoms with Crippen LogP contribution in [0.3, 0.4) is 0 Å². The first kappa shape index (κ1) is 13.9. The van der Waals surface area contributed by atoms with Crippen molar-refractivity contribution in [2.75, 3.05) is 6.54 Å². The molecule has 0 saturated heterocycles. The maximum Gasteiger partial charge on any atom is 0.0479 e. The first-order valence-electron chi connectivity index (χ1n) is 6.00. The summed E-state index contributed by atoms with van der Waals surface area (Å²) >= 11 is 0. The number of aliphatic imine (C=N–C) groups is 1. The molecule has 0 aromatic carbocycles. The van der Waals surface area contributed by atoms with Crippen LogP contribution in [-0.2, 0) is 0 Å². The Morgan fingerprint density at radius 1 is 1.21 bits per heavy atom. The van der Waals surface area contributed by atoms with Crippen molar-refractivity contribution in [2.45, 2.75) is 64.6 Å². The average Bonchev–Trinajstić information content (AvgIpc) is 2.09. The average molecular weight is 213 g/mol. The fourth-order valence-corrected chi connectivity index (χ4v) is 4.80. The Kier molecular flexibility index (Phi) is 7.16. The summed E-state index contributed by atoms with van der Waals surface area (Å²) < 4.78 is 0. The molecule has 0 bridgehead atoms. The summed E-state index contributed by atoms with van der Waals surface area (Å²) in [7, 11) is -0.621. The van der Waals surface area contributed by atoms with Gasteiger partial charge in [0.2, 0.25) is 0 Å². The van der Waals surface area contributed by atoms with Gasteiger partial charge in [-0.2, -0.15) is 0 Å². The third-order valence-corrected chi connectivity index (χ3v) is 7.17. The van der Waals surface area contributed by atoms with Crippen LogP contribution in [-0.4, -0.2) is 21.6 Å². The van der Waals surface area contributed by atoms with Gasteiger partial charge in [-0.05, 0) is 24.2 Å². The second-order valence-corrected chi connectivity index (χ2v) is 9.30. The number of hydrogen-bond acceptors (Lipinski definition) is 1. The van der Waals surface area contributed by atoms with Crippen molar-refractivity contribution >= 4 is 15.0 Å². The lowest BCUT2D eigenvalue weighted by atomic mass is 10.2. The first-order valence-corrected chi connectivity index (χ1v) is 8.21. The molecule has 1 atom stereocenters. The number of hydrogen-bond donors (Lipinski definition) is 0. The van der Waals surface area contributed by atoms with E-state index < -0.39 is 8.80 Å². The van der Waals surface area contributed by atoms with Crippen LogP contribution in [0.15, 0.2) is 4.99 Å². The van der Waals surface area contributed by atoms with Gasteiger partial charge in [0.1, 0.15) is 0 Å². The Morgan fingerprint density at radius 3 is 2.29 bits per heavy atom. The third kappa shape index (κ3) is 6.36. The highest BCUT2D eigenvalue weighted by Gasteiger charge is 2.24. The molecular formula is C12H27NSi. The van der Waals surface area contributed by atoms with Gasteiger partial charge in [-0.1, -0.05) is 46.6 Å². The van der Waals surface area contributed by atoms with E-state index in [0.717, 1.165) is 6.54 Å². The molecule has 0 spiro atoms. The van der Waals surface area contributed by atoms with Crippen molar-refractivity contribution in [1.29, 1.82) is 0 Å². The van der Waals surface area contributed by atoms with E-state index in [4.69, 9.17) is 0 Å². The van der Waals surface area contributed by atoms with Crippen LogP contribution >= 0.6 is 0 Å². The predicted octanol–water partition coefficient (Wildman–Crippen LogP) is 3.90. The molecule has 0 saturated carbocycles. The predicted molar refractivity (Wildman–Crippen MR) is 70.4 cm³/mol. The van der Waals surface area contributed by atoms with Crippen LogP contribution in [0.25, 0.3) is 0 Å². The molecule has 0 aliphatic rings. The minimum absolute atomic E-state index is 0.564. The van der Waals surface area contributed by atoms with Crippen molar-refractivity contribution in [2.24, 2.45) is 4.99 Å². The molecule has 0 aromatic rings. The van der Waals surface area contributed by atoms with E-state index in [9.17, 15) is 0 Å². The summed E-state index contributed by atoms with van der Waals surface area (Å²) in [4.78, 5) is 4.34. The second kappa shape index (κ2) is 7.21. The lowest BCUT2D eigenvalue weighted by molar-refractivity contribution is 0.719. The molecule has 0 N–H and O–H groups in total.